The number of fused-ring (bicyclic) bond motifs is 5. The lowest BCUT2D eigenvalue weighted by Crippen LogP contribution is -2.52. The van der Waals surface area contributed by atoms with Crippen LogP contribution < -0.4 is 5.73 Å². The summed E-state index contributed by atoms with van der Waals surface area (Å²) < 4.78 is 36.3. The van der Waals surface area contributed by atoms with Crippen LogP contribution in [0.3, 0.4) is 0 Å². The highest BCUT2D eigenvalue weighted by atomic mass is 31.2. The van der Waals surface area contributed by atoms with E-state index in [-0.39, 0.29) is 24.5 Å². The van der Waals surface area contributed by atoms with Crippen LogP contribution in [-0.4, -0.2) is 48.8 Å². The maximum atomic E-state index is 13.9. The Bertz CT molecular complexity index is 2380. The highest BCUT2D eigenvalue weighted by molar-refractivity contribution is 7.47. The predicted octanol–water partition coefficient (Wildman–Crippen LogP) is 20.5. The van der Waals surface area contributed by atoms with E-state index in [0.29, 0.717) is 36.0 Å². The van der Waals surface area contributed by atoms with Gasteiger partial charge in [0.2, 0.25) is 0 Å². The molecule has 4 aliphatic carbocycles. The van der Waals surface area contributed by atoms with Crippen LogP contribution in [0.25, 0.3) is 0 Å². The summed E-state index contributed by atoms with van der Waals surface area (Å²) in [4.78, 5) is 38.4. The van der Waals surface area contributed by atoms with Crippen LogP contribution in [0.5, 0.6) is 0 Å². The monoisotopic (exact) mass is 1200 g/mol. The van der Waals surface area contributed by atoms with Crippen molar-refractivity contribution >= 4 is 19.8 Å². The second-order valence-corrected chi connectivity index (χ2v) is 27.5. The van der Waals surface area contributed by atoms with E-state index in [2.05, 4.69) is 78.8 Å². The molecule has 0 spiro atoms. The zero-order valence-corrected chi connectivity index (χ0v) is 55.6. The summed E-state index contributed by atoms with van der Waals surface area (Å²) >= 11 is 0. The van der Waals surface area contributed by atoms with Gasteiger partial charge in [0.15, 0.2) is 6.10 Å². The number of carbonyl (C=O) groups excluding carboxylic acids is 2. The number of phosphoric acid groups is 1. The Labute approximate surface area is 524 Å². The SMILES string of the molecule is CCCCCCCCCC=CC=CC=CC=CC=CC=CC(=O)OC(C1CC[C@@]2(C)C(=CCC3C2CC[C@@]2(C)C3CC[C@@H]2[C@H](C)CCCC(C)C)C1)[C@H](COP(=O)(O)OCCN)OC(=O)C=CC=CC=CC=CC=CC=CCCCCCCCCC. The number of hydrogen-bond acceptors (Lipinski definition) is 8. The molecule has 480 valence electrons. The predicted molar refractivity (Wildman–Crippen MR) is 362 cm³/mol. The van der Waals surface area contributed by atoms with Crippen molar-refractivity contribution in [3.63, 3.8) is 0 Å². The van der Waals surface area contributed by atoms with Crippen molar-refractivity contribution in [3.8, 4) is 0 Å². The number of carbonyl (C=O) groups is 2. The minimum atomic E-state index is -4.63. The minimum absolute atomic E-state index is 0.00226. The Morgan fingerprint density at radius 1 is 0.605 bits per heavy atom. The normalized spacial score (nSPS) is 25.7. The average molecular weight is 1200 g/mol. The van der Waals surface area contributed by atoms with Crippen molar-refractivity contribution in [2.24, 2.45) is 58.0 Å². The lowest BCUT2D eigenvalue weighted by molar-refractivity contribution is -0.171. The van der Waals surface area contributed by atoms with E-state index in [0.717, 1.165) is 43.4 Å². The fourth-order valence-electron chi connectivity index (χ4n) is 14.5. The molecule has 4 rings (SSSR count). The maximum absolute atomic E-state index is 13.9. The summed E-state index contributed by atoms with van der Waals surface area (Å²) in [7, 11) is -4.63. The summed E-state index contributed by atoms with van der Waals surface area (Å²) in [5.41, 5.74) is 7.34. The van der Waals surface area contributed by atoms with Gasteiger partial charge in [-0.15, -0.1) is 0 Å². The van der Waals surface area contributed by atoms with Gasteiger partial charge in [-0.3, -0.25) is 9.05 Å². The van der Waals surface area contributed by atoms with Gasteiger partial charge < -0.3 is 20.1 Å². The smallest absolute Gasteiger partial charge is 0.455 e. The Balaban J connectivity index is 1.48. The van der Waals surface area contributed by atoms with Crippen LogP contribution in [0.15, 0.2) is 157 Å². The summed E-state index contributed by atoms with van der Waals surface area (Å²) in [6, 6.07) is 0. The molecule has 3 N–H and O–H groups in total. The van der Waals surface area contributed by atoms with E-state index in [4.69, 9.17) is 24.3 Å². The first-order valence-electron chi connectivity index (χ1n) is 34.1. The van der Waals surface area contributed by atoms with Crippen LogP contribution in [-0.2, 0) is 32.7 Å². The van der Waals surface area contributed by atoms with Crippen LogP contribution in [0.4, 0.5) is 0 Å². The first-order valence-corrected chi connectivity index (χ1v) is 35.6. The third-order valence-corrected chi connectivity index (χ3v) is 20.1. The molecule has 0 radical (unpaired) electrons. The molecule has 3 saturated carbocycles. The van der Waals surface area contributed by atoms with Gasteiger partial charge in [0, 0.05) is 24.6 Å². The van der Waals surface area contributed by atoms with E-state index in [1.807, 2.05) is 79.0 Å². The van der Waals surface area contributed by atoms with E-state index in [9.17, 15) is 19.0 Å². The van der Waals surface area contributed by atoms with Crippen LogP contribution in [0.2, 0.25) is 0 Å². The van der Waals surface area contributed by atoms with Gasteiger partial charge in [0.25, 0.3) is 0 Å². The Morgan fingerprint density at radius 2 is 1.10 bits per heavy atom. The molecular weight excluding hydrogens is 1090 g/mol. The highest BCUT2D eigenvalue weighted by Crippen LogP contribution is 2.68. The van der Waals surface area contributed by atoms with E-state index in [1.165, 1.54) is 153 Å². The van der Waals surface area contributed by atoms with Crippen molar-refractivity contribution < 1.29 is 37.6 Å². The van der Waals surface area contributed by atoms with Crippen molar-refractivity contribution in [2.45, 2.75) is 234 Å². The molecule has 4 aliphatic rings. The third-order valence-electron chi connectivity index (χ3n) is 19.2. The molecule has 0 aromatic carbocycles. The number of phosphoric ester groups is 1. The Morgan fingerprint density at radius 3 is 1.63 bits per heavy atom. The van der Waals surface area contributed by atoms with Gasteiger partial charge in [0.1, 0.15) is 6.10 Å². The van der Waals surface area contributed by atoms with Gasteiger partial charge in [-0.25, -0.2) is 14.2 Å². The van der Waals surface area contributed by atoms with E-state index >= 15 is 0 Å². The number of unbranched alkanes of at least 4 members (excludes halogenated alkanes) is 14. The van der Waals surface area contributed by atoms with Gasteiger partial charge in [-0.05, 0) is 123 Å². The molecule has 86 heavy (non-hydrogen) atoms. The summed E-state index contributed by atoms with van der Waals surface area (Å²) in [5, 5.41) is 0. The van der Waals surface area contributed by atoms with Crippen molar-refractivity contribution in [1.82, 2.24) is 0 Å². The first kappa shape index (κ1) is 74.1. The van der Waals surface area contributed by atoms with Crippen molar-refractivity contribution in [3.05, 3.63) is 157 Å². The molecule has 0 aliphatic heterocycles. The second kappa shape index (κ2) is 43.3. The summed E-state index contributed by atoms with van der Waals surface area (Å²) in [6.45, 7) is 16.1. The molecular formula is C76H118NO8P. The number of hydrogen-bond donors (Lipinski definition) is 2. The number of nitrogens with two attached hydrogens (primary N) is 1. The van der Waals surface area contributed by atoms with Crippen LogP contribution >= 0.6 is 7.82 Å². The van der Waals surface area contributed by atoms with E-state index < -0.39 is 38.6 Å². The zero-order valence-electron chi connectivity index (χ0n) is 54.7. The Hall–Kier alpha value is -4.37. The van der Waals surface area contributed by atoms with Gasteiger partial charge in [0.05, 0.1) is 13.2 Å². The second-order valence-electron chi connectivity index (χ2n) is 26.0. The van der Waals surface area contributed by atoms with Crippen LogP contribution in [0.1, 0.15) is 222 Å². The molecule has 10 heteroatoms. The Kier molecular flexibility index (Phi) is 37.3. The number of ether oxygens (including phenoxy) is 2. The molecule has 6 unspecified atom stereocenters. The zero-order chi connectivity index (χ0) is 62.1. The third kappa shape index (κ3) is 28.0. The van der Waals surface area contributed by atoms with Crippen molar-refractivity contribution in [1.29, 1.82) is 0 Å². The molecule has 9 nitrogen and oxygen atoms in total. The first-order chi connectivity index (χ1) is 41.7. The molecule has 0 aromatic rings. The molecule has 0 saturated heterocycles. The van der Waals surface area contributed by atoms with Gasteiger partial charge in [-0.1, -0.05) is 290 Å². The lowest BCUT2D eigenvalue weighted by Gasteiger charge is -2.59. The molecule has 0 amide bonds. The number of esters is 2. The molecule has 0 aromatic heterocycles. The number of allylic oxidation sites excluding steroid dienone is 24. The maximum Gasteiger partial charge on any atom is 0.472 e. The molecule has 3 fully saturated rings. The fraction of sp³-hybridized carbons (Fsp3) is 0.632. The number of rotatable bonds is 43. The van der Waals surface area contributed by atoms with Gasteiger partial charge in [-0.2, -0.15) is 0 Å². The van der Waals surface area contributed by atoms with Crippen molar-refractivity contribution in [2.75, 3.05) is 19.8 Å². The van der Waals surface area contributed by atoms with Crippen LogP contribution in [0, 0.1) is 52.3 Å². The fourth-order valence-corrected chi connectivity index (χ4v) is 15.2. The topological polar surface area (TPSA) is 134 Å². The molecule has 0 heterocycles. The quantitative estimate of drug-likeness (QED) is 0.0153. The molecule has 0 bridgehead atoms. The average Bonchev–Trinajstić information content (AvgIpc) is 1.35. The standard InChI is InChI=1S/C76H118NO8P/c1-8-10-12-14-16-18-20-22-24-26-28-30-32-34-36-38-40-42-44-49-72(78)84-71(62-83-86(80,81)82-60-59-77)74(85-73(79)50-45-43-41-39-37-35-33-31-29-27-25-23-21-19-17-15-13-11-9-2)65-55-57-75(6)66(61-65)51-52-67-69-54-53-68(64(5)48-46-47-63(3)4)76(69,7)58-56-70(67)75/h24-45,49-51,63-65,67-71,74H,8-23,46-48,52-62,77H2,1-7H3,(H,80,81)/t64-,65?,67?,68-,69?,70?,71+,74?,75+,76-/m1/s1. The summed E-state index contributed by atoms with van der Waals surface area (Å²) in [6.07, 6.45) is 78.3. The van der Waals surface area contributed by atoms with E-state index in [1.54, 1.807) is 30.4 Å². The van der Waals surface area contributed by atoms with Gasteiger partial charge >= 0.3 is 19.8 Å². The lowest BCUT2D eigenvalue weighted by atomic mass is 9.46. The largest absolute Gasteiger partial charge is 0.472 e. The highest BCUT2D eigenvalue weighted by Gasteiger charge is 2.59. The molecule has 11 atom stereocenters. The minimum Gasteiger partial charge on any atom is -0.455 e. The summed E-state index contributed by atoms with van der Waals surface area (Å²) in [5.74, 6) is 2.56.